The van der Waals surface area contributed by atoms with E-state index < -0.39 is 0 Å². The summed E-state index contributed by atoms with van der Waals surface area (Å²) in [6.45, 7) is 2.91. The van der Waals surface area contributed by atoms with Crippen molar-refractivity contribution in [3.8, 4) is 0 Å². The van der Waals surface area contributed by atoms with Gasteiger partial charge in [-0.1, -0.05) is 11.6 Å². The number of likely N-dealkylation sites (tertiary alicyclic amines) is 1. The van der Waals surface area contributed by atoms with Gasteiger partial charge < -0.3 is 5.73 Å². The maximum absolute atomic E-state index is 13.3. The summed E-state index contributed by atoms with van der Waals surface area (Å²) >= 11 is 5.88. The zero-order valence-electron chi connectivity index (χ0n) is 10.3. The van der Waals surface area contributed by atoms with Crippen LogP contribution in [0.15, 0.2) is 18.2 Å². The number of benzene rings is 1. The molecule has 0 amide bonds. The molecule has 1 saturated carbocycles. The largest absolute Gasteiger partial charge is 0.327 e. The molecule has 2 aliphatic rings. The van der Waals surface area contributed by atoms with Crippen LogP contribution in [-0.2, 0) is 6.54 Å². The second-order valence-electron chi connectivity index (χ2n) is 5.64. The molecule has 2 nitrogen and oxygen atoms in total. The third kappa shape index (κ3) is 2.40. The van der Waals surface area contributed by atoms with E-state index in [1.807, 2.05) is 6.07 Å². The van der Waals surface area contributed by atoms with E-state index in [0.717, 1.165) is 37.5 Å². The van der Waals surface area contributed by atoms with Crippen LogP contribution in [0.4, 0.5) is 4.39 Å². The third-order valence-electron chi connectivity index (χ3n) is 4.32. The lowest BCUT2D eigenvalue weighted by Crippen LogP contribution is -2.30. The van der Waals surface area contributed by atoms with Crippen molar-refractivity contribution in [3.63, 3.8) is 0 Å². The fraction of sp³-hybridized carbons (Fsp3) is 0.571. The van der Waals surface area contributed by atoms with Crippen LogP contribution in [-0.4, -0.2) is 24.0 Å². The predicted octanol–water partition coefficient (Wildman–Crippen LogP) is 2.65. The Morgan fingerprint density at radius 1 is 1.28 bits per heavy atom. The number of halogens is 2. The maximum Gasteiger partial charge on any atom is 0.125 e. The van der Waals surface area contributed by atoms with Gasteiger partial charge in [0.1, 0.15) is 5.82 Å². The van der Waals surface area contributed by atoms with Crippen molar-refractivity contribution in [2.24, 2.45) is 17.6 Å². The highest BCUT2D eigenvalue weighted by Gasteiger charge is 2.40. The Kier molecular flexibility index (Phi) is 3.31. The van der Waals surface area contributed by atoms with Crippen LogP contribution in [0.2, 0.25) is 5.02 Å². The molecule has 3 unspecified atom stereocenters. The molecule has 0 bridgehead atoms. The molecule has 1 saturated heterocycles. The Balaban J connectivity index is 1.67. The van der Waals surface area contributed by atoms with E-state index in [4.69, 9.17) is 17.3 Å². The molecule has 0 radical (unpaired) electrons. The minimum Gasteiger partial charge on any atom is -0.327 e. The van der Waals surface area contributed by atoms with Gasteiger partial charge in [0.15, 0.2) is 0 Å². The smallest absolute Gasteiger partial charge is 0.125 e. The Morgan fingerprint density at radius 2 is 2.11 bits per heavy atom. The van der Waals surface area contributed by atoms with E-state index in [9.17, 15) is 4.39 Å². The molecule has 2 fully saturated rings. The number of hydrogen-bond acceptors (Lipinski definition) is 2. The Bertz CT molecular complexity index is 431. The molecule has 18 heavy (non-hydrogen) atoms. The van der Waals surface area contributed by atoms with Crippen LogP contribution in [0.3, 0.4) is 0 Å². The van der Waals surface area contributed by atoms with E-state index in [1.54, 1.807) is 6.07 Å². The van der Waals surface area contributed by atoms with Crippen molar-refractivity contribution < 1.29 is 4.39 Å². The first kappa shape index (κ1) is 12.4. The van der Waals surface area contributed by atoms with Gasteiger partial charge in [0.2, 0.25) is 0 Å². The first-order valence-corrected chi connectivity index (χ1v) is 6.92. The molecule has 1 aromatic carbocycles. The van der Waals surface area contributed by atoms with E-state index in [1.165, 1.54) is 12.5 Å². The van der Waals surface area contributed by atoms with E-state index in [-0.39, 0.29) is 5.82 Å². The quantitative estimate of drug-likeness (QED) is 0.894. The summed E-state index contributed by atoms with van der Waals surface area (Å²) in [5, 5.41) is 0.473. The van der Waals surface area contributed by atoms with Gasteiger partial charge in [-0.2, -0.15) is 0 Å². The highest BCUT2D eigenvalue weighted by Crippen LogP contribution is 2.37. The summed E-state index contributed by atoms with van der Waals surface area (Å²) in [7, 11) is 0. The van der Waals surface area contributed by atoms with Crippen LogP contribution >= 0.6 is 11.6 Å². The maximum atomic E-state index is 13.3. The lowest BCUT2D eigenvalue weighted by molar-refractivity contribution is 0.298. The average molecular weight is 269 g/mol. The fourth-order valence-corrected chi connectivity index (χ4v) is 3.73. The lowest BCUT2D eigenvalue weighted by atomic mass is 9.98. The monoisotopic (exact) mass is 268 g/mol. The van der Waals surface area contributed by atoms with Gasteiger partial charge in [0.05, 0.1) is 0 Å². The van der Waals surface area contributed by atoms with Crippen LogP contribution in [0.5, 0.6) is 0 Å². The molecule has 2 N–H and O–H groups in total. The third-order valence-corrected chi connectivity index (χ3v) is 4.53. The van der Waals surface area contributed by atoms with Crippen molar-refractivity contribution in [1.82, 2.24) is 4.90 Å². The van der Waals surface area contributed by atoms with Gasteiger partial charge >= 0.3 is 0 Å². The molecule has 0 spiro atoms. The zero-order chi connectivity index (χ0) is 12.7. The lowest BCUT2D eigenvalue weighted by Gasteiger charge is -2.18. The number of fused-ring (bicyclic) bond motifs is 1. The molecule has 3 rings (SSSR count). The van der Waals surface area contributed by atoms with Crippen molar-refractivity contribution in [2.75, 3.05) is 13.1 Å². The SMILES string of the molecule is NC1CCC2CN(Cc3cc(F)cc(Cl)c3)CC12. The normalized spacial score (nSPS) is 31.8. The van der Waals surface area contributed by atoms with Crippen LogP contribution in [0.25, 0.3) is 0 Å². The van der Waals surface area contributed by atoms with Crippen molar-refractivity contribution in [3.05, 3.63) is 34.6 Å². The molecule has 98 valence electrons. The van der Waals surface area contributed by atoms with Gasteiger partial charge in [-0.05, 0) is 48.4 Å². The first-order chi connectivity index (χ1) is 8.61. The van der Waals surface area contributed by atoms with Crippen LogP contribution < -0.4 is 5.73 Å². The summed E-state index contributed by atoms with van der Waals surface area (Å²) < 4.78 is 13.3. The summed E-state index contributed by atoms with van der Waals surface area (Å²) in [5.74, 6) is 1.12. The highest BCUT2D eigenvalue weighted by atomic mass is 35.5. The first-order valence-electron chi connectivity index (χ1n) is 6.55. The van der Waals surface area contributed by atoms with Gasteiger partial charge in [-0.3, -0.25) is 4.90 Å². The molecule has 1 aliphatic carbocycles. The highest BCUT2D eigenvalue weighted by molar-refractivity contribution is 6.30. The number of rotatable bonds is 2. The Hall–Kier alpha value is -0.640. The van der Waals surface area contributed by atoms with Crippen LogP contribution in [0.1, 0.15) is 18.4 Å². The minimum absolute atomic E-state index is 0.256. The van der Waals surface area contributed by atoms with E-state index in [2.05, 4.69) is 4.90 Å². The molecule has 1 aliphatic heterocycles. The predicted molar refractivity (Wildman–Crippen MR) is 70.9 cm³/mol. The summed E-state index contributed by atoms with van der Waals surface area (Å²) in [5.41, 5.74) is 7.07. The van der Waals surface area contributed by atoms with E-state index in [0.29, 0.717) is 17.0 Å². The molecule has 4 heteroatoms. The van der Waals surface area contributed by atoms with E-state index >= 15 is 0 Å². The molecule has 0 aromatic heterocycles. The van der Waals surface area contributed by atoms with Gasteiger partial charge in [-0.15, -0.1) is 0 Å². The number of nitrogens with two attached hydrogens (primary N) is 1. The average Bonchev–Trinajstić information content (AvgIpc) is 2.80. The molecular formula is C14H18ClFN2. The van der Waals surface area contributed by atoms with Gasteiger partial charge in [-0.25, -0.2) is 4.39 Å². The summed E-state index contributed by atoms with van der Waals surface area (Å²) in [6.07, 6.45) is 2.40. The molecular weight excluding hydrogens is 251 g/mol. The second-order valence-corrected chi connectivity index (χ2v) is 6.07. The van der Waals surface area contributed by atoms with Crippen molar-refractivity contribution in [1.29, 1.82) is 0 Å². The second kappa shape index (κ2) is 4.80. The summed E-state index contributed by atoms with van der Waals surface area (Å²) in [4.78, 5) is 2.37. The minimum atomic E-state index is -0.256. The number of nitrogens with zero attached hydrogens (tertiary/aromatic N) is 1. The Labute approximate surface area is 112 Å². The molecule has 1 aromatic rings. The summed E-state index contributed by atoms with van der Waals surface area (Å²) in [6, 6.07) is 5.12. The fourth-order valence-electron chi connectivity index (χ4n) is 3.49. The number of hydrogen-bond donors (Lipinski definition) is 1. The van der Waals surface area contributed by atoms with Crippen molar-refractivity contribution >= 4 is 11.6 Å². The molecule has 3 atom stereocenters. The standard InChI is InChI=1S/C14H18ClFN2/c15-11-3-9(4-12(16)5-11)6-18-7-10-1-2-14(17)13(10)8-18/h3-5,10,13-14H,1-2,6-8,17H2. The van der Waals surface area contributed by atoms with Crippen LogP contribution in [0, 0.1) is 17.7 Å². The van der Waals surface area contributed by atoms with Gasteiger partial charge in [0.25, 0.3) is 0 Å². The Morgan fingerprint density at radius 3 is 2.83 bits per heavy atom. The zero-order valence-corrected chi connectivity index (χ0v) is 11.0. The molecule has 1 heterocycles. The van der Waals surface area contributed by atoms with Gasteiger partial charge in [0, 0.05) is 30.7 Å². The van der Waals surface area contributed by atoms with Crippen molar-refractivity contribution in [2.45, 2.75) is 25.4 Å². The topological polar surface area (TPSA) is 29.3 Å².